The third-order valence-electron chi connectivity index (χ3n) is 1.95. The predicted octanol–water partition coefficient (Wildman–Crippen LogP) is 2.81. The minimum Gasteiger partial charge on any atom is -0.423 e. The molecule has 0 atom stereocenters. The van der Waals surface area contributed by atoms with E-state index in [4.69, 9.17) is 4.42 Å². The third-order valence-corrected chi connectivity index (χ3v) is 1.95. The fourth-order valence-corrected chi connectivity index (χ4v) is 1.24. The standard InChI is InChI=1S/C13H10O2/c14-13-8-4-7-12(15-13)10-9-11-5-2-1-3-6-11/h1-10H/b10-9+. The smallest absolute Gasteiger partial charge is 0.336 e. The molecule has 0 fully saturated rings. The number of rotatable bonds is 2. The van der Waals surface area contributed by atoms with Gasteiger partial charge in [0.05, 0.1) is 0 Å². The molecule has 0 bridgehead atoms. The maximum atomic E-state index is 10.9. The summed E-state index contributed by atoms with van der Waals surface area (Å²) in [7, 11) is 0. The van der Waals surface area contributed by atoms with E-state index in [2.05, 4.69) is 0 Å². The van der Waals surface area contributed by atoms with Gasteiger partial charge in [0.25, 0.3) is 0 Å². The Morgan fingerprint density at radius 1 is 0.867 bits per heavy atom. The largest absolute Gasteiger partial charge is 0.423 e. The van der Waals surface area contributed by atoms with Gasteiger partial charge >= 0.3 is 5.63 Å². The van der Waals surface area contributed by atoms with Gasteiger partial charge in [0, 0.05) is 6.07 Å². The van der Waals surface area contributed by atoms with Crippen LogP contribution in [0.15, 0.2) is 57.7 Å². The average molecular weight is 198 g/mol. The van der Waals surface area contributed by atoms with Crippen LogP contribution in [0.25, 0.3) is 12.2 Å². The van der Waals surface area contributed by atoms with Gasteiger partial charge in [-0.2, -0.15) is 0 Å². The highest BCUT2D eigenvalue weighted by Gasteiger charge is 1.89. The summed E-state index contributed by atoms with van der Waals surface area (Å²) in [6.07, 6.45) is 3.68. The van der Waals surface area contributed by atoms with Gasteiger partial charge in [-0.3, -0.25) is 0 Å². The van der Waals surface area contributed by atoms with Gasteiger partial charge in [0.2, 0.25) is 0 Å². The Morgan fingerprint density at radius 3 is 2.40 bits per heavy atom. The van der Waals surface area contributed by atoms with Crippen molar-refractivity contribution in [1.29, 1.82) is 0 Å². The molecule has 2 rings (SSSR count). The number of benzene rings is 1. The second-order valence-electron chi connectivity index (χ2n) is 3.09. The van der Waals surface area contributed by atoms with Crippen molar-refractivity contribution in [2.45, 2.75) is 0 Å². The fraction of sp³-hybridized carbons (Fsp3) is 0. The Bertz CT molecular complexity index is 509. The highest BCUT2D eigenvalue weighted by Crippen LogP contribution is 2.05. The summed E-state index contributed by atoms with van der Waals surface area (Å²) in [6, 6.07) is 14.7. The quantitative estimate of drug-likeness (QED) is 0.742. The Balaban J connectivity index is 2.23. The minimum atomic E-state index is -0.329. The first-order valence-electron chi connectivity index (χ1n) is 4.68. The Kier molecular flexibility index (Phi) is 2.79. The summed E-state index contributed by atoms with van der Waals surface area (Å²) < 4.78 is 4.96. The lowest BCUT2D eigenvalue weighted by Gasteiger charge is -1.92. The summed E-state index contributed by atoms with van der Waals surface area (Å²) in [5.74, 6) is 0.561. The van der Waals surface area contributed by atoms with Gasteiger partial charge in [-0.1, -0.05) is 42.5 Å². The molecule has 2 nitrogen and oxygen atoms in total. The van der Waals surface area contributed by atoms with Crippen LogP contribution in [0.3, 0.4) is 0 Å². The SMILES string of the molecule is O=c1cccc(/C=C/c2ccccc2)o1. The molecule has 15 heavy (non-hydrogen) atoms. The zero-order chi connectivity index (χ0) is 10.5. The van der Waals surface area contributed by atoms with Crippen LogP contribution in [0.2, 0.25) is 0 Å². The van der Waals surface area contributed by atoms with Crippen molar-refractivity contribution in [3.8, 4) is 0 Å². The van der Waals surface area contributed by atoms with Crippen LogP contribution in [0.4, 0.5) is 0 Å². The molecule has 2 heteroatoms. The van der Waals surface area contributed by atoms with Crippen LogP contribution in [0.5, 0.6) is 0 Å². The lowest BCUT2D eigenvalue weighted by atomic mass is 10.2. The van der Waals surface area contributed by atoms with E-state index in [0.29, 0.717) is 5.76 Å². The molecule has 1 aromatic heterocycles. The average Bonchev–Trinajstić information content (AvgIpc) is 2.28. The van der Waals surface area contributed by atoms with Crippen molar-refractivity contribution >= 4 is 12.2 Å². The molecule has 0 spiro atoms. The first kappa shape index (κ1) is 9.46. The van der Waals surface area contributed by atoms with Crippen molar-refractivity contribution in [2.75, 3.05) is 0 Å². The molecule has 1 aromatic carbocycles. The topological polar surface area (TPSA) is 30.2 Å². The first-order chi connectivity index (χ1) is 7.34. The van der Waals surface area contributed by atoms with E-state index < -0.39 is 0 Å². The van der Waals surface area contributed by atoms with E-state index in [1.54, 1.807) is 18.2 Å². The van der Waals surface area contributed by atoms with Gasteiger partial charge in [-0.25, -0.2) is 4.79 Å². The van der Waals surface area contributed by atoms with Crippen LogP contribution in [0.1, 0.15) is 11.3 Å². The van der Waals surface area contributed by atoms with E-state index in [1.165, 1.54) is 6.07 Å². The van der Waals surface area contributed by atoms with Gasteiger partial charge in [-0.05, 0) is 17.7 Å². The number of hydrogen-bond donors (Lipinski definition) is 0. The lowest BCUT2D eigenvalue weighted by Crippen LogP contribution is -1.94. The van der Waals surface area contributed by atoms with E-state index in [-0.39, 0.29) is 5.63 Å². The molecule has 0 aliphatic heterocycles. The summed E-state index contributed by atoms with van der Waals surface area (Å²) in [5, 5.41) is 0. The van der Waals surface area contributed by atoms with E-state index in [1.807, 2.05) is 36.4 Å². The molecule has 74 valence electrons. The summed E-state index contributed by atoms with van der Waals surface area (Å²) in [5.41, 5.74) is 0.745. The predicted molar refractivity (Wildman–Crippen MR) is 60.3 cm³/mol. The normalized spacial score (nSPS) is 10.7. The maximum Gasteiger partial charge on any atom is 0.336 e. The van der Waals surface area contributed by atoms with Gasteiger partial charge in [-0.15, -0.1) is 0 Å². The lowest BCUT2D eigenvalue weighted by molar-refractivity contribution is 0.501. The van der Waals surface area contributed by atoms with Gasteiger partial charge in [0.15, 0.2) is 0 Å². The molecule has 2 aromatic rings. The minimum absolute atomic E-state index is 0.329. The molecule has 0 aliphatic carbocycles. The van der Waals surface area contributed by atoms with Crippen molar-refractivity contribution in [1.82, 2.24) is 0 Å². The molecule has 0 N–H and O–H groups in total. The molecule has 0 saturated carbocycles. The van der Waals surface area contributed by atoms with Crippen molar-refractivity contribution in [3.05, 3.63) is 70.3 Å². The summed E-state index contributed by atoms with van der Waals surface area (Å²) in [4.78, 5) is 10.9. The second kappa shape index (κ2) is 4.42. The van der Waals surface area contributed by atoms with Crippen molar-refractivity contribution < 1.29 is 4.42 Å². The fourth-order valence-electron chi connectivity index (χ4n) is 1.24. The molecule has 0 saturated heterocycles. The van der Waals surface area contributed by atoms with Crippen LogP contribution >= 0.6 is 0 Å². The van der Waals surface area contributed by atoms with Crippen LogP contribution in [-0.2, 0) is 0 Å². The third kappa shape index (κ3) is 2.68. The zero-order valence-electron chi connectivity index (χ0n) is 8.09. The van der Waals surface area contributed by atoms with Gasteiger partial charge < -0.3 is 4.42 Å². The second-order valence-corrected chi connectivity index (χ2v) is 3.09. The molecular formula is C13H10O2. The molecule has 1 heterocycles. The van der Waals surface area contributed by atoms with E-state index in [9.17, 15) is 4.79 Å². The van der Waals surface area contributed by atoms with Crippen LogP contribution in [0, 0.1) is 0 Å². The number of hydrogen-bond acceptors (Lipinski definition) is 2. The highest BCUT2D eigenvalue weighted by molar-refractivity contribution is 5.66. The van der Waals surface area contributed by atoms with Crippen molar-refractivity contribution in [3.63, 3.8) is 0 Å². The molecule has 0 amide bonds. The summed E-state index contributed by atoms with van der Waals surface area (Å²) in [6.45, 7) is 0. The maximum absolute atomic E-state index is 10.9. The monoisotopic (exact) mass is 198 g/mol. The van der Waals surface area contributed by atoms with Crippen LogP contribution in [-0.4, -0.2) is 0 Å². The first-order valence-corrected chi connectivity index (χ1v) is 4.68. The molecular weight excluding hydrogens is 188 g/mol. The Labute approximate surface area is 87.5 Å². The van der Waals surface area contributed by atoms with E-state index >= 15 is 0 Å². The zero-order valence-corrected chi connectivity index (χ0v) is 8.09. The van der Waals surface area contributed by atoms with E-state index in [0.717, 1.165) is 5.56 Å². The summed E-state index contributed by atoms with van der Waals surface area (Å²) >= 11 is 0. The molecule has 0 unspecified atom stereocenters. The van der Waals surface area contributed by atoms with Crippen molar-refractivity contribution in [2.24, 2.45) is 0 Å². The Morgan fingerprint density at radius 2 is 1.67 bits per heavy atom. The van der Waals surface area contributed by atoms with Crippen LogP contribution < -0.4 is 5.63 Å². The Hall–Kier alpha value is -2.09. The molecule has 0 radical (unpaired) electrons. The van der Waals surface area contributed by atoms with Gasteiger partial charge in [0.1, 0.15) is 5.76 Å². The highest BCUT2D eigenvalue weighted by atomic mass is 16.4. The molecule has 0 aliphatic rings.